The molecule has 2 aliphatic heterocycles. The van der Waals surface area contributed by atoms with Crippen LogP contribution in [0, 0.1) is 5.92 Å². The number of hydrogen-bond donors (Lipinski definition) is 2. The minimum Gasteiger partial charge on any atom is -0.381 e. The molecule has 0 amide bonds. The normalized spacial score (nSPS) is 29.2. The molecule has 0 aromatic rings. The molecule has 1 atom stereocenters. The lowest BCUT2D eigenvalue weighted by Crippen LogP contribution is -2.44. The van der Waals surface area contributed by atoms with Gasteiger partial charge in [-0.25, -0.2) is 0 Å². The van der Waals surface area contributed by atoms with Crippen LogP contribution in [0.3, 0.4) is 0 Å². The lowest BCUT2D eigenvalue weighted by molar-refractivity contribution is 0.0263. The minimum absolute atomic E-state index is 0.360. The SMILES string of the molecule is C1COC(CNCC2CCOCC2)CN1. The van der Waals surface area contributed by atoms with Crippen molar-refractivity contribution >= 4 is 0 Å². The van der Waals surface area contributed by atoms with E-state index in [1.54, 1.807) is 0 Å². The molecule has 2 N–H and O–H groups in total. The third kappa shape index (κ3) is 4.07. The second kappa shape index (κ2) is 6.43. The number of morpholine rings is 1. The maximum absolute atomic E-state index is 5.62. The Morgan fingerprint density at radius 2 is 2.00 bits per heavy atom. The van der Waals surface area contributed by atoms with Crippen LogP contribution in [-0.4, -0.2) is 52.1 Å². The molecule has 2 aliphatic rings. The first-order chi connectivity index (χ1) is 7.45. The molecular weight excluding hydrogens is 192 g/mol. The Labute approximate surface area is 91.7 Å². The molecule has 0 aromatic carbocycles. The van der Waals surface area contributed by atoms with E-state index in [2.05, 4.69) is 10.6 Å². The van der Waals surface area contributed by atoms with E-state index >= 15 is 0 Å². The van der Waals surface area contributed by atoms with Gasteiger partial charge in [0.05, 0.1) is 12.7 Å². The monoisotopic (exact) mass is 214 g/mol. The summed E-state index contributed by atoms with van der Waals surface area (Å²) in [7, 11) is 0. The molecule has 2 saturated heterocycles. The topological polar surface area (TPSA) is 42.5 Å². The Bertz CT molecular complexity index is 148. The summed E-state index contributed by atoms with van der Waals surface area (Å²) in [4.78, 5) is 0. The first kappa shape index (κ1) is 11.3. The Morgan fingerprint density at radius 3 is 2.73 bits per heavy atom. The summed E-state index contributed by atoms with van der Waals surface area (Å²) in [5.41, 5.74) is 0. The second-order valence-corrected chi connectivity index (χ2v) is 4.41. The van der Waals surface area contributed by atoms with E-state index in [0.717, 1.165) is 51.9 Å². The molecule has 1 unspecified atom stereocenters. The third-order valence-corrected chi connectivity index (χ3v) is 3.15. The summed E-state index contributed by atoms with van der Waals surface area (Å²) in [6.45, 7) is 6.80. The fourth-order valence-corrected chi connectivity index (χ4v) is 2.15. The van der Waals surface area contributed by atoms with E-state index < -0.39 is 0 Å². The lowest BCUT2D eigenvalue weighted by Gasteiger charge is -2.26. The van der Waals surface area contributed by atoms with E-state index in [9.17, 15) is 0 Å². The molecule has 0 saturated carbocycles. The highest BCUT2D eigenvalue weighted by Gasteiger charge is 2.16. The minimum atomic E-state index is 0.360. The van der Waals surface area contributed by atoms with Gasteiger partial charge < -0.3 is 20.1 Å². The lowest BCUT2D eigenvalue weighted by atomic mass is 10.0. The maximum Gasteiger partial charge on any atom is 0.0824 e. The van der Waals surface area contributed by atoms with Gasteiger partial charge in [-0.15, -0.1) is 0 Å². The summed E-state index contributed by atoms with van der Waals surface area (Å²) < 4.78 is 11.0. The van der Waals surface area contributed by atoms with Gasteiger partial charge in [-0.1, -0.05) is 0 Å². The van der Waals surface area contributed by atoms with Crippen LogP contribution in [-0.2, 0) is 9.47 Å². The molecule has 0 spiro atoms. The van der Waals surface area contributed by atoms with Crippen molar-refractivity contribution < 1.29 is 9.47 Å². The molecule has 0 radical (unpaired) electrons. The Kier molecular flexibility index (Phi) is 4.86. The van der Waals surface area contributed by atoms with Crippen molar-refractivity contribution in [3.8, 4) is 0 Å². The van der Waals surface area contributed by atoms with Crippen LogP contribution in [0.2, 0.25) is 0 Å². The Morgan fingerprint density at radius 1 is 1.13 bits per heavy atom. The first-order valence-electron chi connectivity index (χ1n) is 6.06. The highest BCUT2D eigenvalue weighted by molar-refractivity contribution is 4.72. The zero-order valence-electron chi connectivity index (χ0n) is 9.34. The predicted octanol–water partition coefficient (Wildman–Crippen LogP) is -0.00900. The van der Waals surface area contributed by atoms with Crippen LogP contribution in [0.15, 0.2) is 0 Å². The molecule has 4 nitrogen and oxygen atoms in total. The molecule has 88 valence electrons. The van der Waals surface area contributed by atoms with Gasteiger partial charge in [-0.05, 0) is 25.3 Å². The molecule has 2 rings (SSSR count). The van der Waals surface area contributed by atoms with Crippen molar-refractivity contribution in [1.29, 1.82) is 0 Å². The zero-order chi connectivity index (χ0) is 10.3. The summed E-state index contributed by atoms with van der Waals surface area (Å²) in [5, 5.41) is 6.84. The van der Waals surface area contributed by atoms with Gasteiger partial charge in [0.1, 0.15) is 0 Å². The van der Waals surface area contributed by atoms with Gasteiger partial charge >= 0.3 is 0 Å². The van der Waals surface area contributed by atoms with Gasteiger partial charge in [-0.3, -0.25) is 0 Å². The second-order valence-electron chi connectivity index (χ2n) is 4.41. The molecule has 0 aliphatic carbocycles. The van der Waals surface area contributed by atoms with Crippen LogP contribution >= 0.6 is 0 Å². The Balaban J connectivity index is 1.53. The number of nitrogens with one attached hydrogen (secondary N) is 2. The van der Waals surface area contributed by atoms with E-state index in [0.29, 0.717) is 6.10 Å². The van der Waals surface area contributed by atoms with E-state index in [1.807, 2.05) is 0 Å². The van der Waals surface area contributed by atoms with Crippen molar-refractivity contribution in [2.75, 3.05) is 46.0 Å². The highest BCUT2D eigenvalue weighted by atomic mass is 16.5. The van der Waals surface area contributed by atoms with Crippen LogP contribution in [0.25, 0.3) is 0 Å². The maximum atomic E-state index is 5.62. The molecule has 2 fully saturated rings. The molecular formula is C11H22N2O2. The first-order valence-corrected chi connectivity index (χ1v) is 6.06. The molecule has 15 heavy (non-hydrogen) atoms. The zero-order valence-corrected chi connectivity index (χ0v) is 9.34. The van der Waals surface area contributed by atoms with E-state index in [1.165, 1.54) is 12.8 Å². The van der Waals surface area contributed by atoms with Gasteiger partial charge in [0.15, 0.2) is 0 Å². The van der Waals surface area contributed by atoms with Crippen molar-refractivity contribution in [2.24, 2.45) is 5.92 Å². The number of ether oxygens (including phenoxy) is 2. The van der Waals surface area contributed by atoms with Gasteiger partial charge in [0.2, 0.25) is 0 Å². The van der Waals surface area contributed by atoms with Crippen LogP contribution in [0.4, 0.5) is 0 Å². The van der Waals surface area contributed by atoms with Crippen molar-refractivity contribution in [2.45, 2.75) is 18.9 Å². The summed E-state index contributed by atoms with van der Waals surface area (Å²) in [6, 6.07) is 0. The highest BCUT2D eigenvalue weighted by Crippen LogP contribution is 2.13. The van der Waals surface area contributed by atoms with E-state index in [4.69, 9.17) is 9.47 Å². The largest absolute Gasteiger partial charge is 0.381 e. The van der Waals surface area contributed by atoms with Gasteiger partial charge in [-0.2, -0.15) is 0 Å². The number of hydrogen-bond acceptors (Lipinski definition) is 4. The Hall–Kier alpha value is -0.160. The summed E-state index contributed by atoms with van der Waals surface area (Å²) in [6.07, 6.45) is 2.77. The average Bonchev–Trinajstić information content (AvgIpc) is 2.32. The number of rotatable bonds is 4. The molecule has 2 heterocycles. The standard InChI is InChI=1S/C11H22N2O2/c1-4-14-5-2-10(1)7-13-9-11-8-12-3-6-15-11/h10-13H,1-9H2. The van der Waals surface area contributed by atoms with Crippen molar-refractivity contribution in [3.63, 3.8) is 0 Å². The van der Waals surface area contributed by atoms with Crippen molar-refractivity contribution in [1.82, 2.24) is 10.6 Å². The summed E-state index contributed by atoms with van der Waals surface area (Å²) >= 11 is 0. The molecule has 0 aromatic heterocycles. The fourth-order valence-electron chi connectivity index (χ4n) is 2.15. The van der Waals surface area contributed by atoms with Gasteiger partial charge in [0, 0.05) is 32.8 Å². The molecule has 4 heteroatoms. The van der Waals surface area contributed by atoms with Crippen LogP contribution in [0.5, 0.6) is 0 Å². The third-order valence-electron chi connectivity index (χ3n) is 3.15. The van der Waals surface area contributed by atoms with Gasteiger partial charge in [0.25, 0.3) is 0 Å². The summed E-state index contributed by atoms with van der Waals surface area (Å²) in [5.74, 6) is 0.801. The fraction of sp³-hybridized carbons (Fsp3) is 1.00. The quantitative estimate of drug-likeness (QED) is 0.691. The smallest absolute Gasteiger partial charge is 0.0824 e. The van der Waals surface area contributed by atoms with Crippen LogP contribution in [0.1, 0.15) is 12.8 Å². The predicted molar refractivity (Wildman–Crippen MR) is 59.0 cm³/mol. The molecule has 0 bridgehead atoms. The van der Waals surface area contributed by atoms with E-state index in [-0.39, 0.29) is 0 Å². The average molecular weight is 214 g/mol. The van der Waals surface area contributed by atoms with Crippen LogP contribution < -0.4 is 10.6 Å². The van der Waals surface area contributed by atoms with Crippen molar-refractivity contribution in [3.05, 3.63) is 0 Å².